The van der Waals surface area contributed by atoms with Crippen molar-refractivity contribution in [2.24, 2.45) is 5.73 Å². The monoisotopic (exact) mass is 501 g/mol. The summed E-state index contributed by atoms with van der Waals surface area (Å²) in [5.41, 5.74) is 8.24. The van der Waals surface area contributed by atoms with Crippen LogP contribution in [0.4, 0.5) is 13.2 Å². The Hall–Kier alpha value is -3.20. The molecule has 1 aromatic carbocycles. The first kappa shape index (κ1) is 27.4. The van der Waals surface area contributed by atoms with Gasteiger partial charge >= 0.3 is 0 Å². The molecule has 0 radical (unpaired) electrons. The molecular formula is C27H34F3N5O. The molecule has 0 saturated heterocycles. The lowest BCUT2D eigenvalue weighted by Gasteiger charge is -2.22. The quantitative estimate of drug-likeness (QED) is 0.481. The summed E-state index contributed by atoms with van der Waals surface area (Å²) in [7, 11) is 0. The van der Waals surface area contributed by atoms with Crippen LogP contribution in [0.2, 0.25) is 0 Å². The highest BCUT2D eigenvalue weighted by atomic mass is 19.1. The third-order valence-electron chi connectivity index (χ3n) is 5.97. The Morgan fingerprint density at radius 2 is 1.94 bits per heavy atom. The largest absolute Gasteiger partial charge is 0.331 e. The number of halogens is 3. The third kappa shape index (κ3) is 6.72. The Labute approximate surface area is 210 Å². The van der Waals surface area contributed by atoms with E-state index in [2.05, 4.69) is 37.5 Å². The lowest BCUT2D eigenvalue weighted by atomic mass is 9.95. The van der Waals surface area contributed by atoms with Crippen molar-refractivity contribution in [3.8, 4) is 5.69 Å². The van der Waals surface area contributed by atoms with Crippen molar-refractivity contribution in [1.82, 2.24) is 19.7 Å². The number of carbonyl (C=O) groups excluding carboxylic acids is 1. The average Bonchev–Trinajstić information content (AvgIpc) is 3.15. The summed E-state index contributed by atoms with van der Waals surface area (Å²) in [6, 6.07) is 7.15. The van der Waals surface area contributed by atoms with Gasteiger partial charge in [-0.2, -0.15) is 0 Å². The van der Waals surface area contributed by atoms with Gasteiger partial charge in [0.15, 0.2) is 5.82 Å². The number of amides is 1. The molecule has 6 nitrogen and oxygen atoms in total. The maximum atomic E-state index is 14.1. The topological polar surface area (TPSA) is 77.0 Å². The van der Waals surface area contributed by atoms with E-state index in [-0.39, 0.29) is 37.1 Å². The van der Waals surface area contributed by atoms with Crippen LogP contribution < -0.4 is 5.73 Å². The summed E-state index contributed by atoms with van der Waals surface area (Å²) in [6.07, 6.45) is 1.16. The second-order valence-corrected chi connectivity index (χ2v) is 10.1. The molecule has 1 aliphatic heterocycles. The molecule has 3 rings (SSSR count). The lowest BCUT2D eigenvalue weighted by molar-refractivity contribution is -0.132. The van der Waals surface area contributed by atoms with Crippen LogP contribution in [0.5, 0.6) is 0 Å². The molecule has 0 spiro atoms. The number of rotatable bonds is 9. The Bertz CT molecular complexity index is 1150. The van der Waals surface area contributed by atoms with Gasteiger partial charge < -0.3 is 10.6 Å². The number of aromatic nitrogens is 3. The first-order chi connectivity index (χ1) is 17.0. The second kappa shape index (κ2) is 11.7. The Kier molecular flexibility index (Phi) is 8.89. The fraction of sp³-hybridized carbons (Fsp3) is 0.444. The summed E-state index contributed by atoms with van der Waals surface area (Å²) in [4.78, 5) is 15.0. The Morgan fingerprint density at radius 3 is 2.61 bits per heavy atom. The predicted molar refractivity (Wildman–Crippen MR) is 134 cm³/mol. The van der Waals surface area contributed by atoms with Gasteiger partial charge in [-0.3, -0.25) is 9.36 Å². The maximum absolute atomic E-state index is 14.1. The van der Waals surface area contributed by atoms with E-state index in [0.717, 1.165) is 29.2 Å². The van der Waals surface area contributed by atoms with Gasteiger partial charge in [0, 0.05) is 30.8 Å². The molecule has 1 aromatic heterocycles. The molecule has 0 saturated carbocycles. The van der Waals surface area contributed by atoms with Crippen molar-refractivity contribution in [1.29, 1.82) is 0 Å². The van der Waals surface area contributed by atoms with Crippen molar-refractivity contribution in [2.45, 2.75) is 70.8 Å². The summed E-state index contributed by atoms with van der Waals surface area (Å²) in [6.45, 7) is 9.28. The second-order valence-electron chi connectivity index (χ2n) is 10.1. The van der Waals surface area contributed by atoms with Gasteiger partial charge in [0.05, 0.1) is 12.2 Å². The van der Waals surface area contributed by atoms with Crippen LogP contribution in [0.1, 0.15) is 57.2 Å². The number of para-hydroxylation sites is 1. The third-order valence-corrected chi connectivity index (χ3v) is 5.97. The molecule has 2 N–H and O–H groups in total. The van der Waals surface area contributed by atoms with Crippen LogP contribution in [0.15, 0.2) is 60.5 Å². The molecule has 0 aliphatic carbocycles. The molecule has 2 unspecified atom stereocenters. The van der Waals surface area contributed by atoms with E-state index >= 15 is 0 Å². The summed E-state index contributed by atoms with van der Waals surface area (Å²) in [5, 5.41) is 8.79. The number of hydrogen-bond acceptors (Lipinski definition) is 4. The van der Waals surface area contributed by atoms with Gasteiger partial charge in [0.1, 0.15) is 24.5 Å². The minimum atomic E-state index is -1.63. The highest BCUT2D eigenvalue weighted by Gasteiger charge is 2.30. The predicted octanol–water partition coefficient (Wildman–Crippen LogP) is 5.18. The van der Waals surface area contributed by atoms with Crippen molar-refractivity contribution < 1.29 is 18.0 Å². The zero-order valence-corrected chi connectivity index (χ0v) is 21.1. The number of carbonyl (C=O) groups is 1. The van der Waals surface area contributed by atoms with Crippen LogP contribution in [-0.2, 0) is 23.3 Å². The lowest BCUT2D eigenvalue weighted by Crippen LogP contribution is -2.35. The SMILES string of the molecule is C=CC(F)/C=C(/F)C/C(=C\CF)CC(N)CC(=O)N1Cc2ccccc2-n2c(nnc2C(C)(C)C)C1. The number of allylic oxidation sites excluding steroid dienone is 4. The molecular weight excluding hydrogens is 467 g/mol. The first-order valence-electron chi connectivity index (χ1n) is 12.0. The molecule has 0 fully saturated rings. The van der Waals surface area contributed by atoms with E-state index in [1.165, 1.54) is 6.08 Å². The molecule has 194 valence electrons. The number of fused-ring (bicyclic) bond motifs is 3. The molecule has 1 amide bonds. The van der Waals surface area contributed by atoms with Crippen molar-refractivity contribution in [3.05, 3.63) is 77.7 Å². The van der Waals surface area contributed by atoms with Crippen LogP contribution >= 0.6 is 0 Å². The summed E-state index contributed by atoms with van der Waals surface area (Å²) >= 11 is 0. The fourth-order valence-electron chi connectivity index (χ4n) is 4.24. The van der Waals surface area contributed by atoms with Crippen LogP contribution in [-0.4, -0.2) is 44.5 Å². The number of alkyl halides is 2. The van der Waals surface area contributed by atoms with Gasteiger partial charge in [-0.25, -0.2) is 13.2 Å². The van der Waals surface area contributed by atoms with E-state index in [4.69, 9.17) is 5.73 Å². The van der Waals surface area contributed by atoms with Gasteiger partial charge in [0.25, 0.3) is 0 Å². The fourth-order valence-corrected chi connectivity index (χ4v) is 4.24. The highest BCUT2D eigenvalue weighted by molar-refractivity contribution is 5.77. The van der Waals surface area contributed by atoms with E-state index < -0.39 is 24.7 Å². The van der Waals surface area contributed by atoms with Crippen LogP contribution in [0.3, 0.4) is 0 Å². The molecule has 1 aliphatic rings. The van der Waals surface area contributed by atoms with Crippen molar-refractivity contribution in [2.75, 3.05) is 6.67 Å². The Balaban J connectivity index is 1.77. The van der Waals surface area contributed by atoms with Crippen molar-refractivity contribution in [3.63, 3.8) is 0 Å². The van der Waals surface area contributed by atoms with Crippen molar-refractivity contribution >= 4 is 5.91 Å². The van der Waals surface area contributed by atoms with Gasteiger partial charge in [0.2, 0.25) is 5.91 Å². The molecule has 36 heavy (non-hydrogen) atoms. The molecule has 2 heterocycles. The van der Waals surface area contributed by atoms with Crippen LogP contribution in [0, 0.1) is 0 Å². The minimum Gasteiger partial charge on any atom is -0.331 e. The summed E-state index contributed by atoms with van der Waals surface area (Å²) < 4.78 is 42.5. The standard InChI is InChI=1S/C27H34F3N5O/c1-5-20(29)14-21(30)12-18(10-11-28)13-22(31)15-25(36)34-16-19-8-6-7-9-23(19)35-24(17-34)32-33-26(35)27(2,3)4/h5-10,14,20,22H,1,11-13,15-17,31H2,2-4H3/b18-10+,21-14+. The number of benzene rings is 1. The normalized spacial score (nSPS) is 16.1. The van der Waals surface area contributed by atoms with Gasteiger partial charge in [-0.1, -0.05) is 63.3 Å². The maximum Gasteiger partial charge on any atom is 0.224 e. The Morgan fingerprint density at radius 1 is 1.22 bits per heavy atom. The minimum absolute atomic E-state index is 0.0181. The van der Waals surface area contributed by atoms with E-state index in [1.807, 2.05) is 28.8 Å². The molecule has 2 aromatic rings. The number of nitrogens with zero attached hydrogens (tertiary/aromatic N) is 4. The number of nitrogens with two attached hydrogens (primary N) is 1. The van der Waals surface area contributed by atoms with Gasteiger partial charge in [-0.05, 0) is 24.1 Å². The van der Waals surface area contributed by atoms with Gasteiger partial charge in [-0.15, -0.1) is 10.2 Å². The van der Waals surface area contributed by atoms with Crippen LogP contribution in [0.25, 0.3) is 5.69 Å². The zero-order valence-electron chi connectivity index (χ0n) is 21.1. The molecule has 9 heteroatoms. The highest BCUT2D eigenvalue weighted by Crippen LogP contribution is 2.30. The summed E-state index contributed by atoms with van der Waals surface area (Å²) in [5.74, 6) is 0.523. The smallest absolute Gasteiger partial charge is 0.224 e. The molecule has 0 bridgehead atoms. The number of hydrogen-bond donors (Lipinski definition) is 1. The zero-order chi connectivity index (χ0) is 26.5. The molecule has 2 atom stereocenters. The first-order valence-corrected chi connectivity index (χ1v) is 12.0. The van der Waals surface area contributed by atoms with E-state index in [9.17, 15) is 18.0 Å². The van der Waals surface area contributed by atoms with E-state index in [0.29, 0.717) is 17.9 Å². The van der Waals surface area contributed by atoms with E-state index in [1.54, 1.807) is 4.90 Å². The average molecular weight is 502 g/mol.